The van der Waals surface area contributed by atoms with Gasteiger partial charge in [0.05, 0.1) is 9.75 Å². The summed E-state index contributed by atoms with van der Waals surface area (Å²) in [6.45, 7) is 0. The van der Waals surface area contributed by atoms with Gasteiger partial charge in [-0.2, -0.15) is 0 Å². The highest BCUT2D eigenvalue weighted by atomic mass is 79.9. The fourth-order valence-corrected chi connectivity index (χ4v) is 1.99. The van der Waals surface area contributed by atoms with Crippen LogP contribution in [0.5, 0.6) is 0 Å². The Balaban J connectivity index is 2.91. The highest BCUT2D eigenvalue weighted by molar-refractivity contribution is 9.10. The van der Waals surface area contributed by atoms with Gasteiger partial charge in [0, 0.05) is 16.6 Å². The van der Waals surface area contributed by atoms with Crippen molar-refractivity contribution in [1.82, 2.24) is 0 Å². The smallest absolute Gasteiger partial charge is 0.270 e. The lowest BCUT2D eigenvalue weighted by Crippen LogP contribution is -2.25. The Morgan fingerprint density at radius 1 is 1.56 bits per heavy atom. The van der Waals surface area contributed by atoms with E-state index in [4.69, 9.17) is 5.73 Å². The fraction of sp³-hybridized carbons (Fsp3) is 0.222. The summed E-state index contributed by atoms with van der Waals surface area (Å²) in [5, 5.41) is 10.5. The molecule has 7 heteroatoms. The molecule has 86 valence electrons. The van der Waals surface area contributed by atoms with Gasteiger partial charge in [0.15, 0.2) is 0 Å². The van der Waals surface area contributed by atoms with Crippen molar-refractivity contribution in [1.29, 1.82) is 0 Å². The lowest BCUT2D eigenvalue weighted by Gasteiger charge is -2.07. The molecule has 1 rings (SSSR count). The highest BCUT2D eigenvalue weighted by Gasteiger charge is 2.15. The molecule has 1 amide bonds. The monoisotopic (exact) mass is 350 g/mol. The third-order valence-corrected chi connectivity index (χ3v) is 3.47. The van der Waals surface area contributed by atoms with Gasteiger partial charge < -0.3 is 5.73 Å². The van der Waals surface area contributed by atoms with Crippen LogP contribution in [-0.2, 0) is 11.2 Å². The Morgan fingerprint density at radius 3 is 2.62 bits per heavy atom. The van der Waals surface area contributed by atoms with E-state index < -0.39 is 15.7 Å². The van der Waals surface area contributed by atoms with Crippen LogP contribution in [0.3, 0.4) is 0 Å². The number of nitro groups is 1. The van der Waals surface area contributed by atoms with Crippen LogP contribution in [0.2, 0.25) is 0 Å². The third kappa shape index (κ3) is 3.28. The predicted molar refractivity (Wildman–Crippen MR) is 66.4 cm³/mol. The SMILES string of the molecule is NC(=O)C(Br)Cc1ccc([N+](=O)[O-])cc1Br. The topological polar surface area (TPSA) is 86.2 Å². The van der Waals surface area contributed by atoms with E-state index in [2.05, 4.69) is 31.9 Å². The molecule has 0 spiro atoms. The molecular weight excluding hydrogens is 344 g/mol. The van der Waals surface area contributed by atoms with Gasteiger partial charge in [-0.3, -0.25) is 14.9 Å². The van der Waals surface area contributed by atoms with Crippen LogP contribution in [0.4, 0.5) is 5.69 Å². The van der Waals surface area contributed by atoms with Crippen molar-refractivity contribution in [3.8, 4) is 0 Å². The van der Waals surface area contributed by atoms with Gasteiger partial charge in [-0.1, -0.05) is 37.9 Å². The number of nitro benzene ring substituents is 1. The molecule has 0 aliphatic carbocycles. The number of nitrogens with two attached hydrogens (primary N) is 1. The number of halogens is 2. The number of primary amides is 1. The summed E-state index contributed by atoms with van der Waals surface area (Å²) in [7, 11) is 0. The second-order valence-electron chi connectivity index (χ2n) is 3.11. The molecule has 0 bridgehead atoms. The molecule has 0 aromatic heterocycles. The number of benzene rings is 1. The minimum absolute atomic E-state index is 0.000762. The maximum atomic E-state index is 10.8. The Kier molecular flexibility index (Phi) is 4.43. The number of carbonyl (C=O) groups excluding carboxylic acids is 1. The van der Waals surface area contributed by atoms with Crippen LogP contribution in [0.25, 0.3) is 0 Å². The number of nitrogens with zero attached hydrogens (tertiary/aromatic N) is 1. The normalized spacial score (nSPS) is 12.1. The number of amides is 1. The maximum Gasteiger partial charge on any atom is 0.270 e. The van der Waals surface area contributed by atoms with Crippen LogP contribution < -0.4 is 5.73 Å². The number of non-ortho nitro benzene ring substituents is 1. The van der Waals surface area contributed by atoms with E-state index in [0.29, 0.717) is 10.9 Å². The molecule has 1 aromatic rings. The maximum absolute atomic E-state index is 10.8. The Hall–Kier alpha value is -0.950. The van der Waals surface area contributed by atoms with Crippen molar-refractivity contribution in [2.45, 2.75) is 11.2 Å². The number of alkyl halides is 1. The first-order valence-corrected chi connectivity index (χ1v) is 5.99. The van der Waals surface area contributed by atoms with E-state index in [1.54, 1.807) is 6.07 Å². The molecule has 2 N–H and O–H groups in total. The summed E-state index contributed by atoms with van der Waals surface area (Å²) in [6.07, 6.45) is 0.383. The van der Waals surface area contributed by atoms with Crippen LogP contribution in [0.1, 0.15) is 5.56 Å². The van der Waals surface area contributed by atoms with Crippen molar-refractivity contribution in [3.05, 3.63) is 38.3 Å². The Morgan fingerprint density at radius 2 is 2.19 bits per heavy atom. The molecular formula is C9H8Br2N2O3. The van der Waals surface area contributed by atoms with E-state index in [0.717, 1.165) is 5.56 Å². The van der Waals surface area contributed by atoms with Crippen molar-refractivity contribution in [2.75, 3.05) is 0 Å². The average Bonchev–Trinajstić information content (AvgIpc) is 2.20. The fourth-order valence-electron chi connectivity index (χ4n) is 1.11. The molecule has 0 aliphatic heterocycles. The first-order chi connectivity index (χ1) is 7.41. The molecule has 1 atom stereocenters. The van der Waals surface area contributed by atoms with Gasteiger partial charge in [0.1, 0.15) is 0 Å². The molecule has 0 fully saturated rings. The minimum Gasteiger partial charge on any atom is -0.369 e. The molecule has 0 aliphatic rings. The third-order valence-electron chi connectivity index (χ3n) is 1.96. The number of carbonyl (C=O) groups is 1. The quantitative estimate of drug-likeness (QED) is 0.512. The van der Waals surface area contributed by atoms with E-state index >= 15 is 0 Å². The van der Waals surface area contributed by atoms with Gasteiger partial charge in [0.25, 0.3) is 5.69 Å². The van der Waals surface area contributed by atoms with Gasteiger partial charge in [-0.25, -0.2) is 0 Å². The summed E-state index contributed by atoms with van der Waals surface area (Å²) in [4.78, 5) is 20.4. The second-order valence-corrected chi connectivity index (χ2v) is 5.07. The summed E-state index contributed by atoms with van der Waals surface area (Å²) in [5.41, 5.74) is 5.89. The molecule has 0 heterocycles. The second kappa shape index (κ2) is 5.40. The first-order valence-electron chi connectivity index (χ1n) is 4.28. The number of hydrogen-bond donors (Lipinski definition) is 1. The lowest BCUT2D eigenvalue weighted by molar-refractivity contribution is -0.384. The van der Waals surface area contributed by atoms with Gasteiger partial charge in [-0.15, -0.1) is 0 Å². The van der Waals surface area contributed by atoms with E-state index in [1.165, 1.54) is 12.1 Å². The predicted octanol–water partition coefficient (Wildman–Crippen LogP) is 2.15. The zero-order chi connectivity index (χ0) is 12.3. The zero-order valence-electron chi connectivity index (χ0n) is 8.02. The summed E-state index contributed by atoms with van der Waals surface area (Å²) in [6, 6.07) is 4.39. The van der Waals surface area contributed by atoms with Crippen LogP contribution in [-0.4, -0.2) is 15.7 Å². The van der Waals surface area contributed by atoms with E-state index in [-0.39, 0.29) is 5.69 Å². The number of rotatable bonds is 4. The Bertz CT molecular complexity index is 437. The van der Waals surface area contributed by atoms with E-state index in [1.807, 2.05) is 0 Å². The largest absolute Gasteiger partial charge is 0.369 e. The lowest BCUT2D eigenvalue weighted by atomic mass is 10.1. The zero-order valence-corrected chi connectivity index (χ0v) is 11.2. The van der Waals surface area contributed by atoms with Crippen LogP contribution >= 0.6 is 31.9 Å². The highest BCUT2D eigenvalue weighted by Crippen LogP contribution is 2.25. The molecule has 0 saturated carbocycles. The van der Waals surface area contributed by atoms with Crippen molar-refractivity contribution < 1.29 is 9.72 Å². The minimum atomic E-state index is -0.481. The number of hydrogen-bond acceptors (Lipinski definition) is 3. The molecule has 5 nitrogen and oxygen atoms in total. The molecule has 1 aromatic carbocycles. The molecule has 16 heavy (non-hydrogen) atoms. The van der Waals surface area contributed by atoms with Gasteiger partial charge in [0.2, 0.25) is 5.91 Å². The Labute approximate surface area is 108 Å². The van der Waals surface area contributed by atoms with Gasteiger partial charge >= 0.3 is 0 Å². The van der Waals surface area contributed by atoms with E-state index in [9.17, 15) is 14.9 Å². The van der Waals surface area contributed by atoms with Crippen molar-refractivity contribution in [3.63, 3.8) is 0 Å². The molecule has 0 saturated heterocycles. The first kappa shape index (κ1) is 13.1. The van der Waals surface area contributed by atoms with Gasteiger partial charge in [-0.05, 0) is 12.0 Å². The molecule has 0 radical (unpaired) electrons. The van der Waals surface area contributed by atoms with Crippen LogP contribution in [0.15, 0.2) is 22.7 Å². The van der Waals surface area contributed by atoms with Crippen molar-refractivity contribution in [2.24, 2.45) is 5.73 Å². The summed E-state index contributed by atoms with van der Waals surface area (Å²) in [5.74, 6) is -0.467. The summed E-state index contributed by atoms with van der Waals surface area (Å²) >= 11 is 6.35. The standard InChI is InChI=1S/C9H8Br2N2O3/c10-7-4-6(13(15)16)2-1-5(7)3-8(11)9(12)14/h1-2,4,8H,3H2,(H2,12,14). The molecule has 1 unspecified atom stereocenters. The van der Waals surface area contributed by atoms with Crippen LogP contribution in [0, 0.1) is 10.1 Å². The summed E-state index contributed by atoms with van der Waals surface area (Å²) < 4.78 is 0.590. The van der Waals surface area contributed by atoms with Crippen molar-refractivity contribution >= 4 is 43.5 Å². The average molecular weight is 352 g/mol.